The van der Waals surface area contributed by atoms with Crippen molar-refractivity contribution >= 4 is 17.0 Å². The maximum Gasteiger partial charge on any atom is 0.251 e. The molecule has 5 heteroatoms. The number of amides is 1. The molecule has 0 bridgehead atoms. The second kappa shape index (κ2) is 7.64. The van der Waals surface area contributed by atoms with Gasteiger partial charge in [-0.1, -0.05) is 48.0 Å². The van der Waals surface area contributed by atoms with E-state index in [0.717, 1.165) is 5.56 Å². The highest BCUT2D eigenvalue weighted by atomic mass is 19.1. The van der Waals surface area contributed by atoms with E-state index in [1.807, 2.05) is 31.2 Å². The lowest BCUT2D eigenvalue weighted by atomic mass is 10.1. The highest BCUT2D eigenvalue weighted by Crippen LogP contribution is 2.20. The average Bonchev–Trinajstić information content (AvgIpc) is 3.10. The Morgan fingerprint density at radius 3 is 2.64 bits per heavy atom. The van der Waals surface area contributed by atoms with E-state index in [2.05, 4.69) is 10.3 Å². The van der Waals surface area contributed by atoms with Crippen LogP contribution in [0.2, 0.25) is 0 Å². The second-order valence-corrected chi connectivity index (χ2v) is 6.73. The highest BCUT2D eigenvalue weighted by molar-refractivity contribution is 5.97. The van der Waals surface area contributed by atoms with Crippen molar-refractivity contribution in [3.63, 3.8) is 0 Å². The average molecular weight is 374 g/mol. The highest BCUT2D eigenvalue weighted by Gasteiger charge is 2.12. The van der Waals surface area contributed by atoms with Crippen LogP contribution in [-0.4, -0.2) is 10.9 Å². The van der Waals surface area contributed by atoms with Crippen LogP contribution in [0.25, 0.3) is 11.1 Å². The van der Waals surface area contributed by atoms with E-state index in [1.54, 1.807) is 36.4 Å². The standard InChI is InChI=1S/C23H19FN2O2/c1-15-6-8-16(9-7-15)14-25-23(27)18-10-11-20-21(12-18)28-22(26-20)13-17-4-2-3-5-19(17)24/h2-12H,13-14H2,1H3,(H,25,27). The lowest BCUT2D eigenvalue weighted by Crippen LogP contribution is -2.22. The molecule has 0 aliphatic rings. The fourth-order valence-corrected chi connectivity index (χ4v) is 2.98. The summed E-state index contributed by atoms with van der Waals surface area (Å²) < 4.78 is 19.6. The predicted octanol–water partition coefficient (Wildman–Crippen LogP) is 4.80. The first-order chi connectivity index (χ1) is 13.6. The third kappa shape index (κ3) is 3.93. The first-order valence-electron chi connectivity index (χ1n) is 9.05. The van der Waals surface area contributed by atoms with Gasteiger partial charge in [-0.05, 0) is 42.3 Å². The lowest BCUT2D eigenvalue weighted by Gasteiger charge is -2.05. The van der Waals surface area contributed by atoms with Gasteiger partial charge in [-0.15, -0.1) is 0 Å². The van der Waals surface area contributed by atoms with Gasteiger partial charge in [0.25, 0.3) is 5.91 Å². The molecule has 28 heavy (non-hydrogen) atoms. The zero-order chi connectivity index (χ0) is 19.5. The van der Waals surface area contributed by atoms with Gasteiger partial charge in [-0.2, -0.15) is 0 Å². The minimum absolute atomic E-state index is 0.186. The minimum Gasteiger partial charge on any atom is -0.440 e. The van der Waals surface area contributed by atoms with Gasteiger partial charge in [0.15, 0.2) is 11.5 Å². The number of nitrogens with zero attached hydrogens (tertiary/aromatic N) is 1. The molecule has 4 rings (SSSR count). The molecule has 0 radical (unpaired) electrons. The Bertz CT molecular complexity index is 1130. The third-order valence-electron chi connectivity index (χ3n) is 4.57. The van der Waals surface area contributed by atoms with Gasteiger partial charge in [0.1, 0.15) is 11.3 Å². The Kier molecular flexibility index (Phi) is 4.89. The van der Waals surface area contributed by atoms with Crippen molar-refractivity contribution in [1.82, 2.24) is 10.3 Å². The van der Waals surface area contributed by atoms with Gasteiger partial charge < -0.3 is 9.73 Å². The van der Waals surface area contributed by atoms with Crippen LogP contribution >= 0.6 is 0 Å². The zero-order valence-electron chi connectivity index (χ0n) is 15.4. The Morgan fingerprint density at radius 2 is 1.86 bits per heavy atom. The molecule has 3 aromatic carbocycles. The molecule has 140 valence electrons. The van der Waals surface area contributed by atoms with Crippen molar-refractivity contribution in [1.29, 1.82) is 0 Å². The van der Waals surface area contributed by atoms with Crippen molar-refractivity contribution in [3.05, 3.63) is 101 Å². The fraction of sp³-hybridized carbons (Fsp3) is 0.130. The first kappa shape index (κ1) is 17.9. The first-order valence-corrected chi connectivity index (χ1v) is 9.05. The largest absolute Gasteiger partial charge is 0.440 e. The molecule has 0 fully saturated rings. The molecule has 0 saturated carbocycles. The van der Waals surface area contributed by atoms with Crippen LogP contribution in [-0.2, 0) is 13.0 Å². The van der Waals surface area contributed by atoms with Gasteiger partial charge >= 0.3 is 0 Å². The maximum atomic E-state index is 13.8. The van der Waals surface area contributed by atoms with Crippen LogP contribution < -0.4 is 5.32 Å². The summed E-state index contributed by atoms with van der Waals surface area (Å²) in [5.74, 6) is -0.0622. The Labute approximate surface area is 162 Å². The van der Waals surface area contributed by atoms with Gasteiger partial charge in [-0.25, -0.2) is 9.37 Å². The number of benzene rings is 3. The lowest BCUT2D eigenvalue weighted by molar-refractivity contribution is 0.0951. The Hall–Kier alpha value is -3.47. The molecule has 4 aromatic rings. The number of hydrogen-bond acceptors (Lipinski definition) is 3. The Morgan fingerprint density at radius 1 is 1.07 bits per heavy atom. The molecule has 1 amide bonds. The molecule has 0 unspecified atom stereocenters. The van der Waals surface area contributed by atoms with E-state index in [1.165, 1.54) is 11.6 Å². The van der Waals surface area contributed by atoms with Gasteiger partial charge in [0.05, 0.1) is 6.42 Å². The quantitative estimate of drug-likeness (QED) is 0.546. The van der Waals surface area contributed by atoms with Crippen LogP contribution in [0.4, 0.5) is 4.39 Å². The molecule has 1 aromatic heterocycles. The number of halogens is 1. The number of carbonyl (C=O) groups is 1. The number of hydrogen-bond donors (Lipinski definition) is 1. The molecule has 0 aliphatic carbocycles. The van der Waals surface area contributed by atoms with Gasteiger partial charge in [0, 0.05) is 12.1 Å². The summed E-state index contributed by atoms with van der Waals surface area (Å²) in [6.07, 6.45) is 0.260. The molecular weight excluding hydrogens is 355 g/mol. The molecule has 0 spiro atoms. The van der Waals surface area contributed by atoms with Crippen LogP contribution in [0.5, 0.6) is 0 Å². The number of aromatic nitrogens is 1. The SMILES string of the molecule is Cc1ccc(CNC(=O)c2ccc3nc(Cc4ccccc4F)oc3c2)cc1. The molecule has 4 nitrogen and oxygen atoms in total. The van der Waals surface area contributed by atoms with Crippen LogP contribution in [0.1, 0.15) is 32.9 Å². The van der Waals surface area contributed by atoms with Gasteiger partial charge in [-0.3, -0.25) is 4.79 Å². The second-order valence-electron chi connectivity index (χ2n) is 6.73. The number of carbonyl (C=O) groups excluding carboxylic acids is 1. The summed E-state index contributed by atoms with van der Waals surface area (Å²) in [6, 6.07) is 19.7. The van der Waals surface area contributed by atoms with E-state index in [4.69, 9.17) is 4.42 Å². The summed E-state index contributed by atoms with van der Waals surface area (Å²) in [7, 11) is 0. The van der Waals surface area contributed by atoms with Crippen molar-refractivity contribution < 1.29 is 13.6 Å². The number of nitrogens with one attached hydrogen (secondary N) is 1. The summed E-state index contributed by atoms with van der Waals surface area (Å²) in [4.78, 5) is 16.8. The summed E-state index contributed by atoms with van der Waals surface area (Å²) in [5, 5.41) is 2.90. The monoisotopic (exact) mass is 374 g/mol. The summed E-state index contributed by atoms with van der Waals surface area (Å²) >= 11 is 0. The van der Waals surface area contributed by atoms with Crippen LogP contribution in [0, 0.1) is 12.7 Å². The number of rotatable bonds is 5. The van der Waals surface area contributed by atoms with E-state index in [-0.39, 0.29) is 18.1 Å². The molecule has 0 saturated heterocycles. The summed E-state index contributed by atoms with van der Waals surface area (Å²) in [5.41, 5.74) is 4.37. The maximum absolute atomic E-state index is 13.8. The van der Waals surface area contributed by atoms with Gasteiger partial charge in [0.2, 0.25) is 0 Å². The van der Waals surface area contributed by atoms with Crippen molar-refractivity contribution in [2.75, 3.05) is 0 Å². The molecule has 0 atom stereocenters. The van der Waals surface area contributed by atoms with Crippen molar-refractivity contribution in [2.24, 2.45) is 0 Å². The smallest absolute Gasteiger partial charge is 0.251 e. The molecule has 1 N–H and O–H groups in total. The van der Waals surface area contributed by atoms with E-state index >= 15 is 0 Å². The fourth-order valence-electron chi connectivity index (χ4n) is 2.98. The van der Waals surface area contributed by atoms with E-state index in [0.29, 0.717) is 34.7 Å². The predicted molar refractivity (Wildman–Crippen MR) is 106 cm³/mol. The number of oxazole rings is 1. The topological polar surface area (TPSA) is 55.1 Å². The summed E-state index contributed by atoms with van der Waals surface area (Å²) in [6.45, 7) is 2.47. The number of aryl methyl sites for hydroxylation is 1. The van der Waals surface area contributed by atoms with Crippen molar-refractivity contribution in [3.8, 4) is 0 Å². The van der Waals surface area contributed by atoms with E-state index in [9.17, 15) is 9.18 Å². The molecule has 1 heterocycles. The molecule has 0 aliphatic heterocycles. The third-order valence-corrected chi connectivity index (χ3v) is 4.57. The minimum atomic E-state index is -0.291. The van der Waals surface area contributed by atoms with Crippen molar-refractivity contribution in [2.45, 2.75) is 19.9 Å². The van der Waals surface area contributed by atoms with Crippen LogP contribution in [0.3, 0.4) is 0 Å². The van der Waals surface area contributed by atoms with Crippen LogP contribution in [0.15, 0.2) is 71.1 Å². The zero-order valence-corrected chi connectivity index (χ0v) is 15.4. The normalized spacial score (nSPS) is 10.9. The Balaban J connectivity index is 1.48. The molecular formula is C23H19FN2O2. The van der Waals surface area contributed by atoms with E-state index < -0.39 is 0 Å². The number of fused-ring (bicyclic) bond motifs is 1.